The molecule has 0 radical (unpaired) electrons. The van der Waals surface area contributed by atoms with Crippen molar-refractivity contribution in [3.63, 3.8) is 0 Å². The van der Waals surface area contributed by atoms with E-state index in [0.717, 1.165) is 36.2 Å². The van der Waals surface area contributed by atoms with Gasteiger partial charge in [-0.05, 0) is 67.5 Å². The van der Waals surface area contributed by atoms with Crippen LogP contribution in [0.5, 0.6) is 0 Å². The Balaban J connectivity index is 1.32. The first-order chi connectivity index (χ1) is 18.7. The van der Waals surface area contributed by atoms with Crippen LogP contribution in [0.2, 0.25) is 0 Å². The first-order valence-corrected chi connectivity index (χ1v) is 12.8. The first-order valence-electron chi connectivity index (χ1n) is 12.8. The fraction of sp³-hybridized carbons (Fsp3) is 0.370. The number of nitriles is 1. The van der Waals surface area contributed by atoms with Crippen molar-refractivity contribution in [1.82, 2.24) is 29.6 Å². The van der Waals surface area contributed by atoms with E-state index in [1.54, 1.807) is 12.1 Å². The summed E-state index contributed by atoms with van der Waals surface area (Å²) < 4.78 is 42.3. The van der Waals surface area contributed by atoms with Crippen molar-refractivity contribution in [2.45, 2.75) is 55.8 Å². The molecule has 0 amide bonds. The maximum absolute atomic E-state index is 13.6. The third-order valence-corrected chi connectivity index (χ3v) is 7.89. The molecule has 2 aliphatic carbocycles. The van der Waals surface area contributed by atoms with Gasteiger partial charge in [-0.2, -0.15) is 23.4 Å². The summed E-state index contributed by atoms with van der Waals surface area (Å²) in [4.78, 5) is 26.3. The van der Waals surface area contributed by atoms with Crippen LogP contribution in [0.1, 0.15) is 42.5 Å². The second-order valence-electron chi connectivity index (χ2n) is 10.6. The van der Waals surface area contributed by atoms with E-state index in [-0.39, 0.29) is 28.3 Å². The molecule has 1 spiro atoms. The van der Waals surface area contributed by atoms with Gasteiger partial charge in [0.2, 0.25) is 5.95 Å². The number of nitrogens with one attached hydrogen (secondary N) is 2. The van der Waals surface area contributed by atoms with E-state index in [4.69, 9.17) is 0 Å². The summed E-state index contributed by atoms with van der Waals surface area (Å²) >= 11 is 0. The summed E-state index contributed by atoms with van der Waals surface area (Å²) in [5.41, 5.74) is 2.19. The zero-order valence-electron chi connectivity index (χ0n) is 20.7. The maximum Gasteiger partial charge on any atom is 0.408 e. The fourth-order valence-electron chi connectivity index (χ4n) is 5.57. The molecule has 9 nitrogen and oxygen atoms in total. The normalized spacial score (nSPS) is 18.5. The number of benzene rings is 1. The first kappa shape index (κ1) is 23.8. The minimum atomic E-state index is -4.66. The Morgan fingerprint density at radius 1 is 1.13 bits per heavy atom. The molecular weight excluding hydrogens is 509 g/mol. The lowest BCUT2D eigenvalue weighted by Crippen LogP contribution is -2.36. The van der Waals surface area contributed by atoms with Crippen molar-refractivity contribution in [2.24, 2.45) is 0 Å². The molecule has 0 bridgehead atoms. The van der Waals surface area contributed by atoms with E-state index >= 15 is 0 Å². The lowest BCUT2D eigenvalue weighted by molar-refractivity contribution is -0.144. The lowest BCUT2D eigenvalue weighted by atomic mass is 9.92. The molecular formula is C27H23F3N8O. The van der Waals surface area contributed by atoms with E-state index in [1.807, 2.05) is 12.1 Å². The minimum absolute atomic E-state index is 0.00713. The van der Waals surface area contributed by atoms with Gasteiger partial charge in [0.15, 0.2) is 11.5 Å². The smallest absolute Gasteiger partial charge is 0.324 e. The number of anilines is 2. The van der Waals surface area contributed by atoms with Gasteiger partial charge in [-0.25, -0.2) is 19.3 Å². The molecule has 4 aromatic rings. The van der Waals surface area contributed by atoms with Gasteiger partial charge >= 0.3 is 6.18 Å². The van der Waals surface area contributed by atoms with E-state index in [9.17, 15) is 23.2 Å². The second-order valence-corrected chi connectivity index (χ2v) is 10.6. The predicted molar refractivity (Wildman–Crippen MR) is 136 cm³/mol. The van der Waals surface area contributed by atoms with Gasteiger partial charge in [0.1, 0.15) is 11.9 Å². The number of rotatable bonds is 5. The molecule has 2 N–H and O–H groups in total. The van der Waals surface area contributed by atoms with Crippen molar-refractivity contribution in [3.05, 3.63) is 69.8 Å². The van der Waals surface area contributed by atoms with Crippen LogP contribution in [0, 0.1) is 11.3 Å². The Kier molecular flexibility index (Phi) is 4.97. The molecule has 3 aromatic heterocycles. The predicted octanol–water partition coefficient (Wildman–Crippen LogP) is 3.97. The zero-order valence-corrected chi connectivity index (χ0v) is 20.7. The van der Waals surface area contributed by atoms with Gasteiger partial charge in [-0.15, -0.1) is 0 Å². The lowest BCUT2D eigenvalue weighted by Gasteiger charge is -2.27. The summed E-state index contributed by atoms with van der Waals surface area (Å²) in [6.45, 7) is -0.627. The number of fused-ring (bicyclic) bond motifs is 3. The quantitative estimate of drug-likeness (QED) is 0.400. The van der Waals surface area contributed by atoms with Gasteiger partial charge in [-0.1, -0.05) is 12.1 Å². The number of hydrogen-bond donors (Lipinski definition) is 2. The molecule has 3 aliphatic rings. The van der Waals surface area contributed by atoms with Gasteiger partial charge in [-0.3, -0.25) is 4.79 Å². The number of aromatic nitrogens is 5. The van der Waals surface area contributed by atoms with Crippen LogP contribution in [0.4, 0.5) is 24.8 Å². The molecule has 0 unspecified atom stereocenters. The standard InChI is InChI=1S/C27H23F3N8O/c28-27(29,30)15-37-23(39)18-13-32-24(34-17-4-5-19-16(12-17)6-11-33-26(19)9-10-26)36-22(18)38(37)21-3-1-2-20(35-21)25(14-31)7-8-25/h1-5,12-13,33H,6-11,15H2,(H,32,34,36). The van der Waals surface area contributed by atoms with Crippen molar-refractivity contribution in [3.8, 4) is 11.9 Å². The maximum atomic E-state index is 13.6. The van der Waals surface area contributed by atoms with Crippen molar-refractivity contribution >= 4 is 22.7 Å². The Hall–Kier alpha value is -4.24. The molecule has 4 heterocycles. The Morgan fingerprint density at radius 3 is 2.67 bits per heavy atom. The summed E-state index contributed by atoms with van der Waals surface area (Å²) in [7, 11) is 0. The van der Waals surface area contributed by atoms with E-state index in [2.05, 4.69) is 37.7 Å². The Morgan fingerprint density at radius 2 is 1.95 bits per heavy atom. The van der Waals surface area contributed by atoms with Crippen LogP contribution in [0.3, 0.4) is 0 Å². The zero-order chi connectivity index (χ0) is 27.0. The summed E-state index contributed by atoms with van der Waals surface area (Å²) in [6.07, 6.45) is 0.931. The topological polar surface area (TPSA) is 113 Å². The summed E-state index contributed by atoms with van der Waals surface area (Å²) in [5, 5.41) is 16.3. The van der Waals surface area contributed by atoms with E-state index < -0.39 is 23.7 Å². The highest BCUT2D eigenvalue weighted by Gasteiger charge is 2.47. The van der Waals surface area contributed by atoms with E-state index in [0.29, 0.717) is 23.2 Å². The van der Waals surface area contributed by atoms with Gasteiger partial charge in [0.25, 0.3) is 5.56 Å². The van der Waals surface area contributed by atoms with Crippen LogP contribution in [-0.2, 0) is 23.9 Å². The highest BCUT2D eigenvalue weighted by atomic mass is 19.4. The second kappa shape index (κ2) is 8.13. The molecule has 0 atom stereocenters. The van der Waals surface area contributed by atoms with E-state index in [1.165, 1.54) is 23.4 Å². The number of hydrogen-bond acceptors (Lipinski definition) is 7. The van der Waals surface area contributed by atoms with Crippen LogP contribution >= 0.6 is 0 Å². The molecule has 0 saturated heterocycles. The molecule has 7 rings (SSSR count). The number of halogens is 3. The molecule has 198 valence electrons. The third kappa shape index (κ3) is 3.96. The largest absolute Gasteiger partial charge is 0.408 e. The van der Waals surface area contributed by atoms with Gasteiger partial charge < -0.3 is 10.6 Å². The number of pyridine rings is 1. The van der Waals surface area contributed by atoms with Gasteiger partial charge in [0, 0.05) is 24.0 Å². The summed E-state index contributed by atoms with van der Waals surface area (Å²) in [5.74, 6) is 0.216. The van der Waals surface area contributed by atoms with Crippen LogP contribution in [0.15, 0.2) is 47.4 Å². The fourth-order valence-corrected chi connectivity index (χ4v) is 5.57. The minimum Gasteiger partial charge on any atom is -0.324 e. The highest BCUT2D eigenvalue weighted by Crippen LogP contribution is 2.49. The van der Waals surface area contributed by atoms with Crippen LogP contribution in [-0.4, -0.2) is 37.0 Å². The molecule has 12 heteroatoms. The van der Waals surface area contributed by atoms with Gasteiger partial charge in [0.05, 0.1) is 17.2 Å². The number of nitrogens with zero attached hydrogens (tertiary/aromatic N) is 6. The molecule has 1 aromatic carbocycles. The van der Waals surface area contributed by atoms with Crippen LogP contribution < -0.4 is 16.2 Å². The van der Waals surface area contributed by atoms with Crippen molar-refractivity contribution in [1.29, 1.82) is 5.26 Å². The Labute approximate surface area is 220 Å². The SMILES string of the molecule is N#CC1(c2cccc(-n3c4nc(Nc5ccc6c(c5)CCNC65CC5)ncc4c(=O)n3CC(F)(F)F)n2)CC1. The monoisotopic (exact) mass is 532 g/mol. The van der Waals surface area contributed by atoms with Crippen LogP contribution in [0.25, 0.3) is 16.9 Å². The molecule has 2 fully saturated rings. The number of alkyl halides is 3. The summed E-state index contributed by atoms with van der Waals surface area (Å²) in [6, 6.07) is 13.1. The third-order valence-electron chi connectivity index (χ3n) is 7.89. The Bertz CT molecular complexity index is 1740. The molecule has 39 heavy (non-hydrogen) atoms. The average molecular weight is 533 g/mol. The van der Waals surface area contributed by atoms with Crippen molar-refractivity contribution < 1.29 is 13.2 Å². The van der Waals surface area contributed by atoms with Crippen molar-refractivity contribution in [2.75, 3.05) is 11.9 Å². The highest BCUT2D eigenvalue weighted by molar-refractivity contribution is 5.77. The average Bonchev–Trinajstić information content (AvgIpc) is 3.84. The molecule has 1 aliphatic heterocycles. The molecule has 2 saturated carbocycles.